The quantitative estimate of drug-likeness (QED) is 0.149. The molecule has 310 valence electrons. The Labute approximate surface area is 369 Å². The maximum atomic E-state index is 12.0. The van der Waals surface area contributed by atoms with Gasteiger partial charge in [-0.2, -0.15) is 0 Å². The average Bonchev–Trinajstić information content (AvgIpc) is 3.39. The van der Waals surface area contributed by atoms with E-state index in [1.165, 1.54) is 23.6 Å². The number of benzene rings is 2. The molecule has 4 aliphatic rings. The van der Waals surface area contributed by atoms with E-state index >= 15 is 0 Å². The van der Waals surface area contributed by atoms with Gasteiger partial charge in [-0.1, -0.05) is 89.0 Å². The molecule has 2 fully saturated rings. The van der Waals surface area contributed by atoms with Crippen molar-refractivity contribution in [2.45, 2.75) is 57.2 Å². The largest absolute Gasteiger partial charge is 0.260 e. The minimum absolute atomic E-state index is 0.0719. The van der Waals surface area contributed by atoms with Crippen molar-refractivity contribution in [2.75, 3.05) is 38.7 Å². The fourth-order valence-electron chi connectivity index (χ4n) is 8.80. The van der Waals surface area contributed by atoms with Crippen LogP contribution in [-0.2, 0) is 20.0 Å². The van der Waals surface area contributed by atoms with Crippen LogP contribution in [0.25, 0.3) is 22.2 Å². The first kappa shape index (κ1) is 43.9. The minimum atomic E-state index is -3.17. The number of hydrogen-bond acceptors (Lipinski definition) is 6. The molecule has 2 aromatic carbocycles. The number of fused-ring (bicyclic) bond motifs is 4. The van der Waals surface area contributed by atoms with E-state index in [4.69, 9.17) is 33.2 Å². The molecule has 2 atom stereocenters. The number of allylic oxidation sites excluding steroid dienone is 1. The van der Waals surface area contributed by atoms with Gasteiger partial charge in [-0.3, -0.25) is 9.97 Å². The van der Waals surface area contributed by atoms with E-state index in [2.05, 4.69) is 83.5 Å². The van der Waals surface area contributed by atoms with Gasteiger partial charge in [-0.25, -0.2) is 25.4 Å². The van der Waals surface area contributed by atoms with Gasteiger partial charge in [0.1, 0.15) is 8.07 Å². The lowest BCUT2D eigenvalue weighted by Crippen LogP contribution is -2.39. The number of pyridine rings is 2. The van der Waals surface area contributed by atoms with Gasteiger partial charge in [0.25, 0.3) is 0 Å². The zero-order valence-corrected chi connectivity index (χ0v) is 39.7. The third-order valence-electron chi connectivity index (χ3n) is 11.6. The maximum Gasteiger partial charge on any atom is 0.211 e. The van der Waals surface area contributed by atoms with Crippen LogP contribution in [0.2, 0.25) is 29.7 Å². The number of piperidine rings is 2. The Bertz CT molecular complexity index is 2610. The van der Waals surface area contributed by atoms with Gasteiger partial charge in [0, 0.05) is 81.6 Å². The molecule has 2 aromatic heterocycles. The van der Waals surface area contributed by atoms with Crippen molar-refractivity contribution in [1.29, 1.82) is 0 Å². The Balaban J connectivity index is 0.000000181. The summed E-state index contributed by atoms with van der Waals surface area (Å²) in [4.78, 5) is 9.60. The molecular formula is C45H49BrCl2N4O4S2Si. The van der Waals surface area contributed by atoms with Gasteiger partial charge < -0.3 is 0 Å². The van der Waals surface area contributed by atoms with Crippen LogP contribution in [-0.4, -0.2) is 82.2 Å². The lowest BCUT2D eigenvalue weighted by Gasteiger charge is -2.35. The molecule has 2 unspecified atom stereocenters. The summed E-state index contributed by atoms with van der Waals surface area (Å²) >= 11 is 16.4. The van der Waals surface area contributed by atoms with Crippen molar-refractivity contribution < 1.29 is 16.8 Å². The molecule has 0 bridgehead atoms. The Hall–Kier alpha value is -3.12. The van der Waals surface area contributed by atoms with E-state index < -0.39 is 28.1 Å². The Morgan fingerprint density at radius 3 is 1.58 bits per heavy atom. The van der Waals surface area contributed by atoms with Crippen LogP contribution in [0, 0.1) is 23.3 Å². The molecular weight excluding hydrogens is 904 g/mol. The standard InChI is InChI=1S/C25H29ClN2O2SSi.C20H20BrClN2O2S/c1-31(29,30)28-13-9-18(10-14-28)24-22-8-7-21(26)17-20(22)16-19(11-15-32(2,3)4)23-6-5-12-27-25(23)24;1-27(25,26)24-9-6-13(7-10-24)19-16-5-4-15(22)11-14(16)12-18(21)17-3-2-8-23-20(17)19/h5-8,12,16-18,24H,9-10,13-14H2,1-4H3;2-5,8,11-13,19H,6-7,9-10H2,1H3. The molecule has 2 saturated heterocycles. The summed E-state index contributed by atoms with van der Waals surface area (Å²) in [5.41, 5.74) is 13.3. The molecule has 2 aliphatic carbocycles. The van der Waals surface area contributed by atoms with Crippen LogP contribution in [0.5, 0.6) is 0 Å². The van der Waals surface area contributed by atoms with Gasteiger partial charge >= 0.3 is 0 Å². The van der Waals surface area contributed by atoms with Gasteiger partial charge in [-0.15, -0.1) is 5.54 Å². The first-order valence-electron chi connectivity index (χ1n) is 19.9. The second-order valence-electron chi connectivity index (χ2n) is 16.9. The summed E-state index contributed by atoms with van der Waals surface area (Å²) in [7, 11) is -7.88. The fraction of sp³-hybridized carbons (Fsp3) is 0.378. The molecule has 4 heterocycles. The summed E-state index contributed by atoms with van der Waals surface area (Å²) in [5.74, 6) is 4.27. The molecule has 14 heteroatoms. The molecule has 0 amide bonds. The monoisotopic (exact) mass is 950 g/mol. The summed E-state index contributed by atoms with van der Waals surface area (Å²) in [5, 5.41) is 1.40. The molecule has 8 rings (SSSR count). The Kier molecular flexibility index (Phi) is 13.2. The second kappa shape index (κ2) is 17.7. The molecule has 0 radical (unpaired) electrons. The molecule has 59 heavy (non-hydrogen) atoms. The smallest absolute Gasteiger partial charge is 0.211 e. The lowest BCUT2D eigenvalue weighted by atomic mass is 9.76. The van der Waals surface area contributed by atoms with Gasteiger partial charge in [-0.05, 0) is 108 Å². The van der Waals surface area contributed by atoms with Crippen molar-refractivity contribution in [3.63, 3.8) is 0 Å². The van der Waals surface area contributed by atoms with Gasteiger partial charge in [0.2, 0.25) is 20.0 Å². The van der Waals surface area contributed by atoms with Crippen molar-refractivity contribution in [1.82, 2.24) is 18.6 Å². The van der Waals surface area contributed by atoms with Crippen LogP contribution >= 0.6 is 39.1 Å². The molecule has 2 aliphatic heterocycles. The van der Waals surface area contributed by atoms with Gasteiger partial charge in [0.05, 0.1) is 23.9 Å². The van der Waals surface area contributed by atoms with E-state index in [1.807, 2.05) is 48.8 Å². The zero-order valence-electron chi connectivity index (χ0n) is 33.9. The highest BCUT2D eigenvalue weighted by Gasteiger charge is 2.37. The molecule has 0 spiro atoms. The van der Waals surface area contributed by atoms with Crippen molar-refractivity contribution >= 4 is 89.5 Å². The highest BCUT2D eigenvalue weighted by molar-refractivity contribution is 9.15. The van der Waals surface area contributed by atoms with E-state index in [9.17, 15) is 16.8 Å². The average molecular weight is 953 g/mol. The van der Waals surface area contributed by atoms with Gasteiger partial charge in [0.15, 0.2) is 0 Å². The lowest BCUT2D eigenvalue weighted by molar-refractivity contribution is 0.256. The maximum absolute atomic E-state index is 12.0. The first-order valence-corrected chi connectivity index (χ1v) is 28.6. The Morgan fingerprint density at radius 2 is 1.12 bits per heavy atom. The van der Waals surface area contributed by atoms with E-state index in [0.717, 1.165) is 69.4 Å². The van der Waals surface area contributed by atoms with E-state index in [-0.39, 0.29) is 11.8 Å². The van der Waals surface area contributed by atoms with Crippen molar-refractivity contribution in [2.24, 2.45) is 11.8 Å². The molecule has 0 saturated carbocycles. The number of aromatic nitrogens is 2. The first-order chi connectivity index (χ1) is 27.9. The number of rotatable bonds is 4. The van der Waals surface area contributed by atoms with Crippen LogP contribution < -0.4 is 0 Å². The van der Waals surface area contributed by atoms with E-state index in [0.29, 0.717) is 48.1 Å². The van der Waals surface area contributed by atoms with Crippen molar-refractivity contribution in [3.05, 3.63) is 128 Å². The molecule has 4 aromatic rings. The molecule has 0 N–H and O–H groups in total. The summed E-state index contributed by atoms with van der Waals surface area (Å²) in [6.45, 7) is 8.92. The van der Waals surface area contributed by atoms with Crippen LogP contribution in [0.1, 0.15) is 82.3 Å². The number of hydrogen-bond donors (Lipinski definition) is 0. The second-order valence-corrected chi connectivity index (χ2v) is 27.4. The number of nitrogens with zero attached hydrogens (tertiary/aromatic N) is 4. The topological polar surface area (TPSA) is 101 Å². The predicted molar refractivity (Wildman–Crippen MR) is 249 cm³/mol. The van der Waals surface area contributed by atoms with Crippen LogP contribution in [0.4, 0.5) is 0 Å². The third kappa shape index (κ3) is 10.2. The fourth-order valence-corrected chi connectivity index (χ4v) is 12.0. The normalized spacial score (nSPS) is 20.4. The molecule has 8 nitrogen and oxygen atoms in total. The van der Waals surface area contributed by atoms with Crippen LogP contribution in [0.3, 0.4) is 0 Å². The highest BCUT2D eigenvalue weighted by atomic mass is 79.9. The van der Waals surface area contributed by atoms with Crippen molar-refractivity contribution in [3.8, 4) is 11.5 Å². The third-order valence-corrected chi connectivity index (χ3v) is 16.2. The highest BCUT2D eigenvalue weighted by Crippen LogP contribution is 2.47. The van der Waals surface area contributed by atoms with E-state index in [1.54, 1.807) is 8.61 Å². The summed E-state index contributed by atoms with van der Waals surface area (Å²) < 4.78 is 52.0. The number of halogens is 3. The number of sulfonamides is 2. The predicted octanol–water partition coefficient (Wildman–Crippen LogP) is 10.0. The summed E-state index contributed by atoms with van der Waals surface area (Å²) in [6, 6.07) is 20.2. The summed E-state index contributed by atoms with van der Waals surface area (Å²) in [6.07, 6.45) is 13.7. The zero-order chi connectivity index (χ0) is 42.3. The van der Waals surface area contributed by atoms with Crippen LogP contribution in [0.15, 0.2) is 73.1 Å². The minimum Gasteiger partial charge on any atom is -0.260 e. The Morgan fingerprint density at radius 1 is 0.678 bits per heavy atom. The SMILES string of the molecule is CS(=O)(=O)N1CCC(C2c3ccc(Cl)cc3C=C(Br)c3cccnc32)CC1.C[Si](C)(C)C#CC1=Cc2cc(Cl)ccc2C(C2CCN(S(C)(=O)=O)CC2)c2ncccc21.